The highest BCUT2D eigenvalue weighted by Gasteiger charge is 1.98. The summed E-state index contributed by atoms with van der Waals surface area (Å²) in [6.45, 7) is 3.61. The summed E-state index contributed by atoms with van der Waals surface area (Å²) in [5.74, 6) is 0.760. The molecule has 0 radical (unpaired) electrons. The standard InChI is InChI=1S/C10H11FS/c1-2-3-8-12-10-7-5-4-6-9(10)11/h2,4-7H,1,3,8H2. The molecule has 1 aromatic rings. The monoisotopic (exact) mass is 182 g/mol. The van der Waals surface area contributed by atoms with Crippen molar-refractivity contribution >= 4 is 11.8 Å². The van der Waals surface area contributed by atoms with Crippen LogP contribution in [-0.2, 0) is 0 Å². The van der Waals surface area contributed by atoms with Crippen LogP contribution in [0, 0.1) is 5.82 Å². The molecule has 0 heterocycles. The van der Waals surface area contributed by atoms with Gasteiger partial charge in [-0.3, -0.25) is 0 Å². The van der Waals surface area contributed by atoms with Crippen LogP contribution in [0.3, 0.4) is 0 Å². The lowest BCUT2D eigenvalue weighted by Crippen LogP contribution is -1.81. The van der Waals surface area contributed by atoms with Gasteiger partial charge in [0.1, 0.15) is 5.82 Å². The first-order chi connectivity index (χ1) is 5.84. The van der Waals surface area contributed by atoms with Crippen LogP contribution in [0.4, 0.5) is 4.39 Å². The first-order valence-electron chi connectivity index (χ1n) is 3.83. The predicted molar refractivity (Wildman–Crippen MR) is 51.9 cm³/mol. The smallest absolute Gasteiger partial charge is 0.136 e. The van der Waals surface area contributed by atoms with Crippen molar-refractivity contribution in [3.05, 3.63) is 42.7 Å². The third-order valence-electron chi connectivity index (χ3n) is 1.42. The highest BCUT2D eigenvalue weighted by Crippen LogP contribution is 2.21. The van der Waals surface area contributed by atoms with Crippen molar-refractivity contribution in [2.75, 3.05) is 5.75 Å². The Morgan fingerprint density at radius 2 is 2.17 bits per heavy atom. The molecule has 64 valence electrons. The molecule has 0 amide bonds. The van der Waals surface area contributed by atoms with Crippen LogP contribution in [0.1, 0.15) is 6.42 Å². The van der Waals surface area contributed by atoms with E-state index in [-0.39, 0.29) is 5.82 Å². The average molecular weight is 182 g/mol. The number of hydrogen-bond acceptors (Lipinski definition) is 1. The van der Waals surface area contributed by atoms with Gasteiger partial charge >= 0.3 is 0 Å². The molecule has 0 N–H and O–H groups in total. The van der Waals surface area contributed by atoms with E-state index < -0.39 is 0 Å². The normalized spacial score (nSPS) is 9.75. The van der Waals surface area contributed by atoms with Crippen molar-refractivity contribution < 1.29 is 4.39 Å². The fourth-order valence-electron chi connectivity index (χ4n) is 0.814. The second-order valence-electron chi connectivity index (χ2n) is 2.36. The number of hydrogen-bond donors (Lipinski definition) is 0. The van der Waals surface area contributed by atoms with Crippen LogP contribution in [0.5, 0.6) is 0 Å². The summed E-state index contributed by atoms with van der Waals surface area (Å²) in [6.07, 6.45) is 2.76. The van der Waals surface area contributed by atoms with Gasteiger partial charge in [-0.05, 0) is 18.6 Å². The van der Waals surface area contributed by atoms with E-state index in [0.717, 1.165) is 17.1 Å². The van der Waals surface area contributed by atoms with Crippen LogP contribution in [0.25, 0.3) is 0 Å². The summed E-state index contributed by atoms with van der Waals surface area (Å²) >= 11 is 1.53. The molecule has 0 unspecified atom stereocenters. The molecule has 0 nitrogen and oxygen atoms in total. The first kappa shape index (κ1) is 9.33. The van der Waals surface area contributed by atoms with E-state index in [1.165, 1.54) is 17.8 Å². The summed E-state index contributed by atoms with van der Waals surface area (Å²) in [5.41, 5.74) is 0. The van der Waals surface area contributed by atoms with E-state index in [9.17, 15) is 4.39 Å². The molecule has 12 heavy (non-hydrogen) atoms. The van der Waals surface area contributed by atoms with E-state index in [1.807, 2.05) is 12.1 Å². The van der Waals surface area contributed by atoms with Gasteiger partial charge in [0, 0.05) is 10.6 Å². The van der Waals surface area contributed by atoms with Crippen molar-refractivity contribution in [2.45, 2.75) is 11.3 Å². The minimum atomic E-state index is -0.133. The number of rotatable bonds is 4. The van der Waals surface area contributed by atoms with Crippen molar-refractivity contribution in [1.29, 1.82) is 0 Å². The molecule has 1 aromatic carbocycles. The van der Waals surface area contributed by atoms with Crippen LogP contribution in [-0.4, -0.2) is 5.75 Å². The molecule has 0 fully saturated rings. The SMILES string of the molecule is C=CCCSc1ccccc1F. The Balaban J connectivity index is 2.51. The Kier molecular flexibility index (Phi) is 3.88. The number of thioether (sulfide) groups is 1. The molecule has 0 spiro atoms. The van der Waals surface area contributed by atoms with Crippen molar-refractivity contribution in [3.63, 3.8) is 0 Å². The molecule has 0 aliphatic rings. The summed E-state index contributed by atoms with van der Waals surface area (Å²) in [5, 5.41) is 0. The van der Waals surface area contributed by atoms with Crippen molar-refractivity contribution in [3.8, 4) is 0 Å². The lowest BCUT2D eigenvalue weighted by atomic mass is 10.3. The minimum absolute atomic E-state index is 0.133. The number of allylic oxidation sites excluding steroid dienone is 1. The van der Waals surface area contributed by atoms with Gasteiger partial charge < -0.3 is 0 Å². The van der Waals surface area contributed by atoms with Gasteiger partial charge in [-0.2, -0.15) is 0 Å². The zero-order valence-corrected chi connectivity index (χ0v) is 7.61. The van der Waals surface area contributed by atoms with Gasteiger partial charge in [-0.1, -0.05) is 18.2 Å². The maximum atomic E-state index is 13.0. The third kappa shape index (κ3) is 2.70. The highest BCUT2D eigenvalue weighted by atomic mass is 32.2. The third-order valence-corrected chi connectivity index (χ3v) is 2.50. The summed E-state index contributed by atoms with van der Waals surface area (Å²) in [6, 6.07) is 6.82. The Labute approximate surface area is 76.5 Å². The van der Waals surface area contributed by atoms with E-state index in [0.29, 0.717) is 0 Å². The van der Waals surface area contributed by atoms with Crippen molar-refractivity contribution in [1.82, 2.24) is 0 Å². The molecule has 0 aliphatic heterocycles. The number of benzene rings is 1. The van der Waals surface area contributed by atoms with E-state index in [2.05, 4.69) is 6.58 Å². The average Bonchev–Trinajstić information content (AvgIpc) is 2.09. The molecule has 0 saturated carbocycles. The lowest BCUT2D eigenvalue weighted by Gasteiger charge is -1.99. The first-order valence-corrected chi connectivity index (χ1v) is 4.81. The summed E-state index contributed by atoms with van der Waals surface area (Å²) < 4.78 is 13.0. The molecule has 0 saturated heterocycles. The maximum Gasteiger partial charge on any atom is 0.136 e. The lowest BCUT2D eigenvalue weighted by molar-refractivity contribution is 0.602. The Morgan fingerprint density at radius 1 is 1.42 bits per heavy atom. The molecule has 0 bridgehead atoms. The van der Waals surface area contributed by atoms with Gasteiger partial charge in [0.25, 0.3) is 0 Å². The highest BCUT2D eigenvalue weighted by molar-refractivity contribution is 7.99. The van der Waals surface area contributed by atoms with E-state index >= 15 is 0 Å². The molecule has 0 atom stereocenters. The Morgan fingerprint density at radius 3 is 2.83 bits per heavy atom. The van der Waals surface area contributed by atoms with Gasteiger partial charge in [0.15, 0.2) is 0 Å². The number of halogens is 1. The van der Waals surface area contributed by atoms with Gasteiger partial charge in [0.2, 0.25) is 0 Å². The molecular weight excluding hydrogens is 171 g/mol. The fourth-order valence-corrected chi connectivity index (χ4v) is 1.70. The minimum Gasteiger partial charge on any atom is -0.206 e. The summed E-state index contributed by atoms with van der Waals surface area (Å²) in [4.78, 5) is 0.722. The zero-order chi connectivity index (χ0) is 8.81. The molecule has 0 aromatic heterocycles. The second kappa shape index (κ2) is 4.99. The van der Waals surface area contributed by atoms with Crippen LogP contribution < -0.4 is 0 Å². The van der Waals surface area contributed by atoms with Crippen LogP contribution in [0.15, 0.2) is 41.8 Å². The topological polar surface area (TPSA) is 0 Å². The molecule has 0 aliphatic carbocycles. The molecule has 2 heteroatoms. The Hall–Kier alpha value is -0.760. The quantitative estimate of drug-likeness (QED) is 0.390. The van der Waals surface area contributed by atoms with Crippen LogP contribution >= 0.6 is 11.8 Å². The van der Waals surface area contributed by atoms with Gasteiger partial charge in [-0.15, -0.1) is 18.3 Å². The molecular formula is C10H11FS. The Bertz CT molecular complexity index is 258. The fraction of sp³-hybridized carbons (Fsp3) is 0.200. The largest absolute Gasteiger partial charge is 0.206 e. The van der Waals surface area contributed by atoms with Gasteiger partial charge in [-0.25, -0.2) is 4.39 Å². The maximum absolute atomic E-state index is 13.0. The summed E-state index contributed by atoms with van der Waals surface area (Å²) in [7, 11) is 0. The van der Waals surface area contributed by atoms with Crippen LogP contribution in [0.2, 0.25) is 0 Å². The van der Waals surface area contributed by atoms with Crippen molar-refractivity contribution in [2.24, 2.45) is 0 Å². The predicted octanol–water partition coefficient (Wildman–Crippen LogP) is 3.49. The zero-order valence-electron chi connectivity index (χ0n) is 6.79. The van der Waals surface area contributed by atoms with E-state index in [4.69, 9.17) is 0 Å². The molecule has 1 rings (SSSR count). The van der Waals surface area contributed by atoms with E-state index in [1.54, 1.807) is 12.1 Å². The van der Waals surface area contributed by atoms with Gasteiger partial charge in [0.05, 0.1) is 0 Å². The second-order valence-corrected chi connectivity index (χ2v) is 3.49.